The Labute approximate surface area is 142 Å². The molecular weight excluding hydrogens is 348 g/mol. The number of hydrogen-bond donors (Lipinski definition) is 5. The molecule has 0 aliphatic heterocycles. The first kappa shape index (κ1) is 24.1. The van der Waals surface area contributed by atoms with Crippen molar-refractivity contribution in [1.29, 1.82) is 0 Å². The number of aliphatic hydroxyl groups is 1. The first-order valence-electron chi connectivity index (χ1n) is 6.42. The summed E-state index contributed by atoms with van der Waals surface area (Å²) < 4.78 is 4.97. The molecule has 0 heterocycles. The Bertz CT molecular complexity index is 388. The highest BCUT2D eigenvalue weighted by Gasteiger charge is 2.24. The fourth-order valence-corrected chi connectivity index (χ4v) is 3.20. The number of carboxylic acid groups (broad SMARTS) is 2. The molecule has 2 atom stereocenters. The molecule has 11 heteroatoms. The lowest BCUT2D eigenvalue weighted by atomic mass is 10.2. The number of aliphatic carboxylic acids is 2. The van der Waals surface area contributed by atoms with Crippen LogP contribution < -0.4 is 11.1 Å². The van der Waals surface area contributed by atoms with Crippen LogP contribution in [0.4, 0.5) is 4.79 Å². The second-order valence-corrected chi connectivity index (χ2v) is 7.60. The van der Waals surface area contributed by atoms with Gasteiger partial charge in [0.1, 0.15) is 17.7 Å². The van der Waals surface area contributed by atoms with Crippen molar-refractivity contribution < 1.29 is 34.4 Å². The number of nitrogens with two attached hydrogens (primary N) is 1. The number of ether oxygens (including phenoxy) is 1. The van der Waals surface area contributed by atoms with Gasteiger partial charge in [-0.1, -0.05) is 21.6 Å². The van der Waals surface area contributed by atoms with Gasteiger partial charge in [-0.3, -0.25) is 4.79 Å². The van der Waals surface area contributed by atoms with Gasteiger partial charge in [0.15, 0.2) is 0 Å². The number of carbonyl (C=O) groups is 3. The van der Waals surface area contributed by atoms with Crippen LogP contribution in [0.2, 0.25) is 0 Å². The molecule has 0 radical (unpaired) electrons. The molecule has 0 aliphatic rings. The minimum absolute atomic E-state index is 0.0611. The fourth-order valence-electron chi connectivity index (χ4n) is 0.933. The first-order chi connectivity index (χ1) is 10.5. The lowest BCUT2D eigenvalue weighted by Crippen LogP contribution is -2.44. The highest BCUT2D eigenvalue weighted by atomic mass is 33.1. The Hall–Kier alpha value is -1.17. The molecule has 0 unspecified atom stereocenters. The maximum Gasteiger partial charge on any atom is 0.408 e. The molecule has 0 aromatic heterocycles. The smallest absolute Gasteiger partial charge is 0.408 e. The van der Waals surface area contributed by atoms with Crippen LogP contribution in [0.3, 0.4) is 0 Å². The molecule has 0 rings (SSSR count). The highest BCUT2D eigenvalue weighted by Crippen LogP contribution is 2.22. The van der Waals surface area contributed by atoms with Gasteiger partial charge in [-0.25, -0.2) is 9.59 Å². The summed E-state index contributed by atoms with van der Waals surface area (Å²) in [4.78, 5) is 33.0. The number of aliphatic hydroxyl groups excluding tert-OH is 1. The second-order valence-electron chi connectivity index (χ2n) is 5.05. The number of hydrogen-bond acceptors (Lipinski definition) is 8. The van der Waals surface area contributed by atoms with Crippen molar-refractivity contribution in [3.63, 3.8) is 0 Å². The van der Waals surface area contributed by atoms with Crippen molar-refractivity contribution in [2.75, 3.05) is 18.6 Å². The highest BCUT2D eigenvalue weighted by molar-refractivity contribution is 8.76. The van der Waals surface area contributed by atoms with E-state index in [0.717, 1.165) is 28.7 Å². The molecule has 0 saturated heterocycles. The zero-order valence-electron chi connectivity index (χ0n) is 13.4. The Morgan fingerprint density at radius 3 is 1.96 bits per heavy atom. The van der Waals surface area contributed by atoms with Gasteiger partial charge >= 0.3 is 18.0 Å². The third-order valence-electron chi connectivity index (χ3n) is 1.87. The monoisotopic (exact) mass is 372 g/mol. The third-order valence-corrected chi connectivity index (χ3v) is 4.32. The van der Waals surface area contributed by atoms with E-state index in [-0.39, 0.29) is 11.5 Å². The largest absolute Gasteiger partial charge is 0.480 e. The minimum Gasteiger partial charge on any atom is -0.480 e. The van der Waals surface area contributed by atoms with Crippen LogP contribution in [0.15, 0.2) is 0 Å². The lowest BCUT2D eigenvalue weighted by molar-refractivity contribution is -0.139. The van der Waals surface area contributed by atoms with E-state index < -0.39 is 35.7 Å². The van der Waals surface area contributed by atoms with E-state index in [2.05, 4.69) is 5.32 Å². The summed E-state index contributed by atoms with van der Waals surface area (Å²) in [5, 5.41) is 26.8. The van der Waals surface area contributed by atoms with Crippen LogP contribution in [0.5, 0.6) is 0 Å². The number of amides is 1. The van der Waals surface area contributed by atoms with Crippen molar-refractivity contribution >= 4 is 39.6 Å². The fraction of sp³-hybridized carbons (Fsp3) is 0.750. The van der Waals surface area contributed by atoms with Gasteiger partial charge < -0.3 is 31.1 Å². The van der Waals surface area contributed by atoms with Gasteiger partial charge in [-0.15, -0.1) is 0 Å². The van der Waals surface area contributed by atoms with Crippen LogP contribution in [0.25, 0.3) is 0 Å². The summed E-state index contributed by atoms with van der Waals surface area (Å²) in [5.41, 5.74) is 4.58. The molecule has 0 aromatic carbocycles. The van der Waals surface area contributed by atoms with Crippen LogP contribution in [0, 0.1) is 0 Å². The maximum absolute atomic E-state index is 11.5. The molecule has 0 aromatic rings. The van der Waals surface area contributed by atoms with E-state index >= 15 is 0 Å². The van der Waals surface area contributed by atoms with E-state index in [9.17, 15) is 14.4 Å². The Morgan fingerprint density at radius 1 is 1.09 bits per heavy atom. The van der Waals surface area contributed by atoms with Crippen LogP contribution in [-0.2, 0) is 14.3 Å². The quantitative estimate of drug-likeness (QED) is 0.297. The third kappa shape index (κ3) is 14.2. The normalized spacial score (nSPS) is 13.1. The van der Waals surface area contributed by atoms with E-state index in [1.165, 1.54) is 0 Å². The van der Waals surface area contributed by atoms with Gasteiger partial charge in [0, 0.05) is 18.6 Å². The van der Waals surface area contributed by atoms with Crippen molar-refractivity contribution in [2.24, 2.45) is 5.73 Å². The van der Waals surface area contributed by atoms with E-state index in [4.69, 9.17) is 25.8 Å². The van der Waals surface area contributed by atoms with Gasteiger partial charge in [-0.2, -0.15) is 0 Å². The minimum atomic E-state index is -1.20. The zero-order valence-corrected chi connectivity index (χ0v) is 15.1. The summed E-state index contributed by atoms with van der Waals surface area (Å²) in [6, 6.07) is -2.14. The van der Waals surface area contributed by atoms with Crippen LogP contribution in [-0.4, -0.2) is 69.7 Å². The standard InChI is InChI=1S/C11H20N2O6S2.CH4O/c1-11(2,3)19-10(18)13-7(9(16)17)5-21-20-4-6(12)8(14)15;1-2/h6-7H,4-5,12H2,1-3H3,(H,13,18)(H,14,15)(H,16,17);2H,1H3/t6-,7-;/m0./s1. The summed E-state index contributed by atoms with van der Waals surface area (Å²) >= 11 is 0. The predicted molar refractivity (Wildman–Crippen MR) is 89.5 cm³/mol. The average Bonchev–Trinajstić information content (AvgIpc) is 2.41. The molecule has 6 N–H and O–H groups in total. The molecule has 1 amide bonds. The van der Waals surface area contributed by atoms with Crippen molar-refractivity contribution in [1.82, 2.24) is 5.32 Å². The Morgan fingerprint density at radius 2 is 1.57 bits per heavy atom. The summed E-state index contributed by atoms with van der Waals surface area (Å²) in [6.07, 6.45) is -0.817. The molecule has 136 valence electrons. The van der Waals surface area contributed by atoms with Gasteiger partial charge in [0.25, 0.3) is 0 Å². The summed E-state index contributed by atoms with van der Waals surface area (Å²) in [5.74, 6) is -2.12. The lowest BCUT2D eigenvalue weighted by Gasteiger charge is -2.21. The van der Waals surface area contributed by atoms with Gasteiger partial charge in [0.2, 0.25) is 0 Å². The van der Waals surface area contributed by atoms with E-state index in [1.807, 2.05) is 0 Å². The van der Waals surface area contributed by atoms with E-state index in [1.54, 1.807) is 20.8 Å². The maximum atomic E-state index is 11.5. The Kier molecular flexibility index (Phi) is 12.9. The van der Waals surface area contributed by atoms with Crippen molar-refractivity contribution in [2.45, 2.75) is 38.5 Å². The number of carboxylic acids is 2. The molecule has 0 spiro atoms. The SMILES string of the molecule is CC(C)(C)OC(=O)N[C@@H](CSSC[C@H](N)C(=O)O)C(=O)O.CO. The average molecular weight is 372 g/mol. The Balaban J connectivity index is 0. The molecule has 23 heavy (non-hydrogen) atoms. The topological polar surface area (TPSA) is 159 Å². The molecule has 0 bridgehead atoms. The summed E-state index contributed by atoms with van der Waals surface area (Å²) in [7, 11) is 3.25. The summed E-state index contributed by atoms with van der Waals surface area (Å²) in [6.45, 7) is 5.00. The van der Waals surface area contributed by atoms with Gasteiger partial charge in [0.05, 0.1) is 0 Å². The molecule has 9 nitrogen and oxygen atoms in total. The molecule has 0 fully saturated rings. The van der Waals surface area contributed by atoms with Crippen LogP contribution in [0.1, 0.15) is 20.8 Å². The number of carbonyl (C=O) groups excluding carboxylic acids is 1. The molecule has 0 aliphatic carbocycles. The number of rotatable bonds is 8. The number of nitrogens with one attached hydrogen (secondary N) is 1. The van der Waals surface area contributed by atoms with Crippen molar-refractivity contribution in [3.8, 4) is 0 Å². The molecular formula is C12H24N2O7S2. The second kappa shape index (κ2) is 12.3. The van der Waals surface area contributed by atoms with Gasteiger partial charge in [-0.05, 0) is 20.8 Å². The van der Waals surface area contributed by atoms with Crippen LogP contribution >= 0.6 is 21.6 Å². The first-order valence-corrected chi connectivity index (χ1v) is 8.91. The van der Waals surface area contributed by atoms with E-state index in [0.29, 0.717) is 0 Å². The number of alkyl carbamates (subject to hydrolysis) is 1. The van der Waals surface area contributed by atoms with Crippen molar-refractivity contribution in [3.05, 3.63) is 0 Å². The molecule has 0 saturated carbocycles. The zero-order chi connectivity index (χ0) is 18.6. The predicted octanol–water partition coefficient (Wildman–Crippen LogP) is 0.366.